The first-order chi connectivity index (χ1) is 13.2. The van der Waals surface area contributed by atoms with Crippen LogP contribution in [0.4, 0.5) is 5.69 Å². The average molecular weight is 463 g/mol. The molecule has 28 heavy (non-hydrogen) atoms. The van der Waals surface area contributed by atoms with Crippen molar-refractivity contribution < 1.29 is 4.79 Å². The molecule has 144 valence electrons. The van der Waals surface area contributed by atoms with E-state index in [-0.39, 0.29) is 5.56 Å². The highest BCUT2D eigenvalue weighted by atomic mass is 79.9. The summed E-state index contributed by atoms with van der Waals surface area (Å²) in [6.07, 6.45) is 1.24. The third-order valence-corrected chi connectivity index (χ3v) is 5.81. The molecule has 6 nitrogen and oxygen atoms in total. The van der Waals surface area contributed by atoms with Gasteiger partial charge in [0.05, 0.1) is 5.02 Å². The number of carbonyl (C=O) groups is 1. The molecule has 2 aromatic carbocycles. The van der Waals surface area contributed by atoms with Crippen LogP contribution in [0.1, 0.15) is 15.9 Å². The molecule has 0 atom stereocenters. The number of nitrogens with one attached hydrogen (secondary N) is 1. The molecule has 0 aliphatic heterocycles. The molecule has 0 bridgehead atoms. The van der Waals surface area contributed by atoms with E-state index in [1.807, 2.05) is 31.2 Å². The van der Waals surface area contributed by atoms with Crippen molar-refractivity contribution in [3.8, 4) is 11.1 Å². The highest BCUT2D eigenvalue weighted by molar-refractivity contribution is 9.10. The highest BCUT2D eigenvalue weighted by Gasteiger charge is 2.17. The standard InChI is InChI=1S/C20H17BrClN3O3/c1-11-12(13-7-4-8-15(21)17(13)22)6-5-9-16(11)23-18(26)14-10-24(2)20(28)25(3)19(14)27/h4-10H,1-3H3,(H,23,26). The Morgan fingerprint density at radius 2 is 1.71 bits per heavy atom. The molecule has 1 aromatic heterocycles. The highest BCUT2D eigenvalue weighted by Crippen LogP contribution is 2.37. The Hall–Kier alpha value is -2.64. The molecule has 0 saturated heterocycles. The Morgan fingerprint density at radius 3 is 2.43 bits per heavy atom. The second-order valence-corrected chi connectivity index (χ2v) is 7.57. The van der Waals surface area contributed by atoms with Gasteiger partial charge >= 0.3 is 5.69 Å². The molecule has 0 fully saturated rings. The van der Waals surface area contributed by atoms with E-state index in [4.69, 9.17) is 11.6 Å². The number of aromatic nitrogens is 2. The van der Waals surface area contributed by atoms with Gasteiger partial charge in [0.1, 0.15) is 5.56 Å². The van der Waals surface area contributed by atoms with Gasteiger partial charge in [-0.15, -0.1) is 0 Å². The van der Waals surface area contributed by atoms with Crippen molar-refractivity contribution in [2.45, 2.75) is 6.92 Å². The lowest BCUT2D eigenvalue weighted by molar-refractivity contribution is 0.102. The molecule has 3 rings (SSSR count). The molecule has 0 spiro atoms. The van der Waals surface area contributed by atoms with Gasteiger partial charge in [0.15, 0.2) is 0 Å². The maximum absolute atomic E-state index is 12.7. The maximum Gasteiger partial charge on any atom is 0.330 e. The van der Waals surface area contributed by atoms with Gasteiger partial charge in [0.2, 0.25) is 0 Å². The topological polar surface area (TPSA) is 73.1 Å². The summed E-state index contributed by atoms with van der Waals surface area (Å²) in [7, 11) is 2.82. The third-order valence-electron chi connectivity index (χ3n) is 4.51. The van der Waals surface area contributed by atoms with Crippen molar-refractivity contribution in [2.24, 2.45) is 14.1 Å². The number of nitrogens with zero attached hydrogens (tertiary/aromatic N) is 2. The average Bonchev–Trinajstić information content (AvgIpc) is 2.67. The fourth-order valence-corrected chi connectivity index (χ4v) is 3.52. The molecule has 8 heteroatoms. The van der Waals surface area contributed by atoms with Crippen molar-refractivity contribution in [3.05, 3.63) is 84.1 Å². The van der Waals surface area contributed by atoms with Crippen LogP contribution in [-0.4, -0.2) is 15.0 Å². The Balaban J connectivity index is 2.03. The van der Waals surface area contributed by atoms with Gasteiger partial charge in [-0.25, -0.2) is 4.79 Å². The van der Waals surface area contributed by atoms with Crippen LogP contribution < -0.4 is 16.6 Å². The van der Waals surface area contributed by atoms with Gasteiger partial charge in [-0.3, -0.25) is 14.2 Å². The number of benzene rings is 2. The van der Waals surface area contributed by atoms with Gasteiger partial charge in [0, 0.05) is 36.0 Å². The van der Waals surface area contributed by atoms with Crippen LogP contribution in [-0.2, 0) is 14.1 Å². The number of amides is 1. The summed E-state index contributed by atoms with van der Waals surface area (Å²) < 4.78 is 2.87. The predicted molar refractivity (Wildman–Crippen MR) is 114 cm³/mol. The first-order valence-corrected chi connectivity index (χ1v) is 9.51. The van der Waals surface area contributed by atoms with E-state index < -0.39 is 17.2 Å². The number of anilines is 1. The zero-order valence-corrected chi connectivity index (χ0v) is 17.8. The minimum absolute atomic E-state index is 0.116. The lowest BCUT2D eigenvalue weighted by atomic mass is 9.99. The summed E-state index contributed by atoms with van der Waals surface area (Å²) in [5.41, 5.74) is 1.77. The molecule has 0 unspecified atom stereocenters. The predicted octanol–water partition coefficient (Wildman–Crippen LogP) is 3.73. The number of halogens is 2. The molecular weight excluding hydrogens is 446 g/mol. The summed E-state index contributed by atoms with van der Waals surface area (Å²) in [6, 6.07) is 11.1. The van der Waals surface area contributed by atoms with Crippen molar-refractivity contribution in [2.75, 3.05) is 5.32 Å². The van der Waals surface area contributed by atoms with Crippen LogP contribution in [0, 0.1) is 6.92 Å². The fraction of sp³-hybridized carbons (Fsp3) is 0.150. The van der Waals surface area contributed by atoms with Crippen LogP contribution in [0.3, 0.4) is 0 Å². The second-order valence-electron chi connectivity index (χ2n) is 6.33. The number of hydrogen-bond acceptors (Lipinski definition) is 3. The summed E-state index contributed by atoms with van der Waals surface area (Å²) >= 11 is 9.83. The number of hydrogen-bond donors (Lipinski definition) is 1. The minimum atomic E-state index is -0.649. The van der Waals surface area contributed by atoms with Gasteiger partial charge in [-0.2, -0.15) is 0 Å². The van der Waals surface area contributed by atoms with E-state index in [0.717, 1.165) is 25.7 Å². The summed E-state index contributed by atoms with van der Waals surface area (Å²) in [5, 5.41) is 3.33. The first-order valence-electron chi connectivity index (χ1n) is 8.34. The molecule has 0 radical (unpaired) electrons. The summed E-state index contributed by atoms with van der Waals surface area (Å²) in [6.45, 7) is 1.86. The Morgan fingerprint density at radius 1 is 1.07 bits per heavy atom. The molecule has 0 saturated carbocycles. The van der Waals surface area contributed by atoms with Crippen LogP contribution in [0.25, 0.3) is 11.1 Å². The normalized spacial score (nSPS) is 10.8. The molecule has 0 aliphatic carbocycles. The van der Waals surface area contributed by atoms with Crippen LogP contribution in [0.2, 0.25) is 5.02 Å². The Labute approximate surface area is 174 Å². The lowest BCUT2D eigenvalue weighted by Crippen LogP contribution is -2.40. The monoisotopic (exact) mass is 461 g/mol. The van der Waals surface area contributed by atoms with Crippen molar-refractivity contribution in [1.82, 2.24) is 9.13 Å². The molecule has 3 aromatic rings. The van der Waals surface area contributed by atoms with E-state index in [1.165, 1.54) is 24.9 Å². The number of carbonyl (C=O) groups excluding carboxylic acids is 1. The number of aryl methyl sites for hydroxylation is 1. The van der Waals surface area contributed by atoms with Gasteiger partial charge < -0.3 is 9.88 Å². The third kappa shape index (κ3) is 3.55. The summed E-state index contributed by atoms with van der Waals surface area (Å²) in [4.78, 5) is 36.8. The second kappa shape index (κ2) is 7.77. The zero-order chi connectivity index (χ0) is 20.6. The van der Waals surface area contributed by atoms with E-state index in [0.29, 0.717) is 10.7 Å². The van der Waals surface area contributed by atoms with Crippen molar-refractivity contribution in [1.29, 1.82) is 0 Å². The van der Waals surface area contributed by atoms with Gasteiger partial charge in [-0.1, -0.05) is 35.9 Å². The first kappa shape index (κ1) is 20.1. The van der Waals surface area contributed by atoms with E-state index in [2.05, 4.69) is 21.2 Å². The van der Waals surface area contributed by atoms with E-state index >= 15 is 0 Å². The maximum atomic E-state index is 12.7. The van der Waals surface area contributed by atoms with E-state index in [9.17, 15) is 14.4 Å². The van der Waals surface area contributed by atoms with Gasteiger partial charge in [0.25, 0.3) is 11.5 Å². The van der Waals surface area contributed by atoms with E-state index in [1.54, 1.807) is 12.1 Å². The Kier molecular flexibility index (Phi) is 5.58. The van der Waals surface area contributed by atoms with Crippen LogP contribution in [0.15, 0.2) is 56.7 Å². The van der Waals surface area contributed by atoms with Crippen molar-refractivity contribution >= 4 is 39.1 Å². The lowest BCUT2D eigenvalue weighted by Gasteiger charge is -2.14. The number of rotatable bonds is 3. The molecule has 0 aliphatic rings. The quantitative estimate of drug-likeness (QED) is 0.645. The Bertz CT molecular complexity index is 1210. The van der Waals surface area contributed by atoms with Gasteiger partial charge in [-0.05, 0) is 46.1 Å². The smallest absolute Gasteiger partial charge is 0.322 e. The summed E-state index contributed by atoms with van der Waals surface area (Å²) in [5.74, 6) is -0.586. The zero-order valence-electron chi connectivity index (χ0n) is 15.4. The molecule has 1 N–H and O–H groups in total. The molecule has 1 heterocycles. The van der Waals surface area contributed by atoms with Crippen LogP contribution >= 0.6 is 27.5 Å². The minimum Gasteiger partial charge on any atom is -0.322 e. The fourth-order valence-electron chi connectivity index (χ4n) is 2.93. The SMILES string of the molecule is Cc1c(NC(=O)c2cn(C)c(=O)n(C)c2=O)cccc1-c1cccc(Br)c1Cl. The van der Waals surface area contributed by atoms with Crippen molar-refractivity contribution in [3.63, 3.8) is 0 Å². The molecule has 1 amide bonds. The largest absolute Gasteiger partial charge is 0.330 e. The van der Waals surface area contributed by atoms with Crippen LogP contribution in [0.5, 0.6) is 0 Å². The molecular formula is C20H17BrClN3O3.